The number of anilines is 4. The third-order valence-electron chi connectivity index (χ3n) is 3.87. The van der Waals surface area contributed by atoms with Gasteiger partial charge >= 0.3 is 0 Å². The Hall–Kier alpha value is -3.70. The van der Waals surface area contributed by atoms with Gasteiger partial charge in [-0.2, -0.15) is 10.5 Å². The molecule has 1 heterocycles. The summed E-state index contributed by atoms with van der Waals surface area (Å²) in [4.78, 5) is 2.87. The molecular weight excluding hydrogens is 310 g/mol. The number of aromatic amines is 1. The molecule has 0 bridgehead atoms. The normalized spacial score (nSPS) is 9.92. The molecule has 0 amide bonds. The molecule has 5 nitrogen and oxygen atoms in total. The Balaban J connectivity index is 2.02. The summed E-state index contributed by atoms with van der Waals surface area (Å²) in [5, 5.41) is 25.3. The molecule has 5 heteroatoms. The van der Waals surface area contributed by atoms with Crippen molar-refractivity contribution in [2.24, 2.45) is 0 Å². The lowest BCUT2D eigenvalue weighted by Crippen LogP contribution is -1.97. The Morgan fingerprint density at radius 2 is 1.04 bits per heavy atom. The van der Waals surface area contributed by atoms with E-state index in [-0.39, 0.29) is 0 Å². The first-order valence-corrected chi connectivity index (χ1v) is 7.84. The fraction of sp³-hybridized carbons (Fsp3) is 0.100. The smallest absolute Gasteiger partial charge is 0.144 e. The van der Waals surface area contributed by atoms with Crippen LogP contribution in [0, 0.1) is 36.5 Å². The number of rotatable bonds is 4. The molecule has 3 N–H and O–H groups in total. The minimum atomic E-state index is 0.312. The molecule has 0 radical (unpaired) electrons. The monoisotopic (exact) mass is 327 g/mol. The molecular formula is C20H17N5. The Bertz CT molecular complexity index is 887. The fourth-order valence-corrected chi connectivity index (χ4v) is 2.48. The minimum absolute atomic E-state index is 0.312. The van der Waals surface area contributed by atoms with Gasteiger partial charge in [0.25, 0.3) is 0 Å². The van der Waals surface area contributed by atoms with Crippen LogP contribution in [0.2, 0.25) is 0 Å². The van der Waals surface area contributed by atoms with Gasteiger partial charge < -0.3 is 15.6 Å². The highest BCUT2D eigenvalue weighted by Crippen LogP contribution is 2.35. The molecule has 0 spiro atoms. The van der Waals surface area contributed by atoms with Crippen molar-refractivity contribution < 1.29 is 0 Å². The Labute approximate surface area is 146 Å². The first-order valence-electron chi connectivity index (χ1n) is 7.84. The van der Waals surface area contributed by atoms with Gasteiger partial charge in [0.05, 0.1) is 0 Å². The number of aromatic nitrogens is 1. The van der Waals surface area contributed by atoms with Gasteiger partial charge in [0.1, 0.15) is 34.9 Å². The number of hydrogen-bond acceptors (Lipinski definition) is 4. The maximum absolute atomic E-state index is 9.42. The van der Waals surface area contributed by atoms with Gasteiger partial charge in [-0.05, 0) is 38.1 Å². The lowest BCUT2D eigenvalue weighted by molar-refractivity contribution is 1.28. The van der Waals surface area contributed by atoms with Crippen molar-refractivity contribution in [3.63, 3.8) is 0 Å². The molecule has 3 aromatic rings. The zero-order chi connectivity index (χ0) is 17.8. The molecule has 0 aliphatic rings. The van der Waals surface area contributed by atoms with Crippen LogP contribution in [0.5, 0.6) is 0 Å². The highest BCUT2D eigenvalue weighted by atomic mass is 15.0. The van der Waals surface area contributed by atoms with Crippen molar-refractivity contribution in [1.82, 2.24) is 4.98 Å². The second-order valence-electron chi connectivity index (χ2n) is 5.83. The second-order valence-corrected chi connectivity index (χ2v) is 5.83. The zero-order valence-electron chi connectivity index (χ0n) is 14.0. The second kappa shape index (κ2) is 6.82. The van der Waals surface area contributed by atoms with Crippen molar-refractivity contribution in [3.05, 3.63) is 71.0 Å². The van der Waals surface area contributed by atoms with Gasteiger partial charge in [-0.25, -0.2) is 0 Å². The number of nitrogens with one attached hydrogen (secondary N) is 3. The summed E-state index contributed by atoms with van der Waals surface area (Å²) >= 11 is 0. The molecule has 0 fully saturated rings. The molecule has 122 valence electrons. The molecule has 1 aromatic heterocycles. The van der Waals surface area contributed by atoms with Crippen LogP contribution in [-0.4, -0.2) is 4.98 Å². The van der Waals surface area contributed by atoms with Crippen molar-refractivity contribution >= 4 is 22.7 Å². The summed E-state index contributed by atoms with van der Waals surface area (Å²) in [6, 6.07) is 19.9. The van der Waals surface area contributed by atoms with E-state index in [0.29, 0.717) is 22.8 Å². The van der Waals surface area contributed by atoms with Gasteiger partial charge in [0.2, 0.25) is 0 Å². The van der Waals surface area contributed by atoms with Crippen molar-refractivity contribution in [3.8, 4) is 12.1 Å². The third-order valence-corrected chi connectivity index (χ3v) is 3.87. The van der Waals surface area contributed by atoms with Crippen LogP contribution >= 0.6 is 0 Å². The molecule has 0 aliphatic heterocycles. The largest absolute Gasteiger partial charge is 0.351 e. The number of hydrogen-bond donors (Lipinski definition) is 3. The fourth-order valence-electron chi connectivity index (χ4n) is 2.48. The van der Waals surface area contributed by atoms with E-state index >= 15 is 0 Å². The molecule has 0 saturated heterocycles. The molecule has 0 aliphatic carbocycles. The van der Waals surface area contributed by atoms with E-state index in [1.54, 1.807) is 0 Å². The summed E-state index contributed by atoms with van der Waals surface area (Å²) in [6.07, 6.45) is 0. The zero-order valence-corrected chi connectivity index (χ0v) is 14.0. The number of nitriles is 2. The van der Waals surface area contributed by atoms with Gasteiger partial charge in [-0.1, -0.05) is 35.4 Å². The van der Waals surface area contributed by atoms with Crippen LogP contribution in [-0.2, 0) is 0 Å². The maximum Gasteiger partial charge on any atom is 0.144 e. The summed E-state index contributed by atoms with van der Waals surface area (Å²) in [5.41, 5.74) is 5.73. The van der Waals surface area contributed by atoms with E-state index in [1.807, 2.05) is 62.4 Å². The van der Waals surface area contributed by atoms with E-state index < -0.39 is 0 Å². The SMILES string of the molecule is Cc1ccc(Nc2c(C#N)[nH]c(C#N)c2Nc2ccc(C)cc2)cc1. The van der Waals surface area contributed by atoms with Crippen LogP contribution in [0.1, 0.15) is 22.5 Å². The number of H-pyrrole nitrogens is 1. The molecule has 0 atom stereocenters. The molecule has 3 rings (SSSR count). The summed E-state index contributed by atoms with van der Waals surface area (Å²) in [6.45, 7) is 4.03. The van der Waals surface area contributed by atoms with E-state index in [9.17, 15) is 10.5 Å². The Kier molecular flexibility index (Phi) is 4.41. The van der Waals surface area contributed by atoms with Crippen LogP contribution in [0.3, 0.4) is 0 Å². The van der Waals surface area contributed by atoms with Gasteiger partial charge in [0, 0.05) is 11.4 Å². The van der Waals surface area contributed by atoms with E-state index in [2.05, 4.69) is 27.8 Å². The number of aryl methyl sites for hydroxylation is 2. The Morgan fingerprint density at radius 1 is 0.680 bits per heavy atom. The third kappa shape index (κ3) is 3.46. The standard InChI is InChI=1S/C20H17N5/c1-13-3-7-15(8-4-13)23-19-17(11-21)25-18(12-22)20(19)24-16-9-5-14(2)6-10-16/h3-10,23-25H,1-2H3. The van der Waals surface area contributed by atoms with Crippen LogP contribution in [0.4, 0.5) is 22.7 Å². The highest BCUT2D eigenvalue weighted by Gasteiger charge is 2.18. The topological polar surface area (TPSA) is 87.4 Å². The van der Waals surface area contributed by atoms with Gasteiger partial charge in [-0.15, -0.1) is 0 Å². The van der Waals surface area contributed by atoms with Crippen LogP contribution in [0.15, 0.2) is 48.5 Å². The number of benzene rings is 2. The van der Waals surface area contributed by atoms with E-state index in [0.717, 1.165) is 22.5 Å². The van der Waals surface area contributed by atoms with Gasteiger partial charge in [0.15, 0.2) is 0 Å². The van der Waals surface area contributed by atoms with E-state index in [4.69, 9.17) is 0 Å². The summed E-state index contributed by atoms with van der Waals surface area (Å²) < 4.78 is 0. The first-order chi connectivity index (χ1) is 12.1. The Morgan fingerprint density at radius 3 is 1.36 bits per heavy atom. The average molecular weight is 327 g/mol. The van der Waals surface area contributed by atoms with Crippen molar-refractivity contribution in [1.29, 1.82) is 10.5 Å². The molecule has 25 heavy (non-hydrogen) atoms. The number of nitrogens with zero attached hydrogens (tertiary/aromatic N) is 2. The minimum Gasteiger partial charge on any atom is -0.351 e. The van der Waals surface area contributed by atoms with Crippen molar-refractivity contribution in [2.45, 2.75) is 13.8 Å². The lowest BCUT2D eigenvalue weighted by atomic mass is 10.2. The summed E-state index contributed by atoms with van der Waals surface area (Å²) in [5.74, 6) is 0. The van der Waals surface area contributed by atoms with Crippen molar-refractivity contribution in [2.75, 3.05) is 10.6 Å². The highest BCUT2D eigenvalue weighted by molar-refractivity contribution is 5.86. The molecule has 0 unspecified atom stereocenters. The van der Waals surface area contributed by atoms with Crippen LogP contribution < -0.4 is 10.6 Å². The first kappa shape index (κ1) is 16.2. The molecule has 2 aromatic carbocycles. The maximum atomic E-state index is 9.42. The predicted octanol–water partition coefficient (Wildman–Crippen LogP) is 4.86. The average Bonchev–Trinajstić information content (AvgIpc) is 2.95. The lowest BCUT2D eigenvalue weighted by Gasteiger charge is -2.11. The summed E-state index contributed by atoms with van der Waals surface area (Å²) in [7, 11) is 0. The quantitative estimate of drug-likeness (QED) is 0.638. The van der Waals surface area contributed by atoms with Gasteiger partial charge in [-0.3, -0.25) is 0 Å². The van der Waals surface area contributed by atoms with E-state index in [1.165, 1.54) is 0 Å². The molecule has 0 saturated carbocycles. The predicted molar refractivity (Wildman–Crippen MR) is 99.1 cm³/mol. The van der Waals surface area contributed by atoms with Crippen LogP contribution in [0.25, 0.3) is 0 Å².